The Hall–Kier alpha value is -0.0800. The van der Waals surface area contributed by atoms with Crippen molar-refractivity contribution in [1.29, 1.82) is 0 Å². The molecule has 0 aliphatic heterocycles. The molecule has 0 rings (SSSR count). The third-order valence-corrected chi connectivity index (χ3v) is 2.82. The van der Waals surface area contributed by atoms with Gasteiger partial charge in [-0.15, -0.1) is 0 Å². The summed E-state index contributed by atoms with van der Waals surface area (Å²) in [6.45, 7) is 12.5. The van der Waals surface area contributed by atoms with E-state index >= 15 is 0 Å². The fraction of sp³-hybridized carbons (Fsp3) is 1.00. The predicted octanol–water partition coefficient (Wildman–Crippen LogP) is 2.77. The summed E-state index contributed by atoms with van der Waals surface area (Å²) in [4.78, 5) is 0. The Labute approximate surface area is 89.1 Å². The van der Waals surface area contributed by atoms with Crippen molar-refractivity contribution >= 4 is 0 Å². The van der Waals surface area contributed by atoms with Crippen molar-refractivity contribution in [2.45, 2.75) is 66.2 Å². The van der Waals surface area contributed by atoms with Gasteiger partial charge in [0.15, 0.2) is 0 Å². The van der Waals surface area contributed by atoms with Gasteiger partial charge in [-0.25, -0.2) is 0 Å². The SMILES string of the molecule is CCC(NC(C)(C)O)C(CC)C(C)C. The van der Waals surface area contributed by atoms with Crippen LogP contribution in [-0.4, -0.2) is 16.9 Å². The van der Waals surface area contributed by atoms with E-state index in [1.165, 1.54) is 6.42 Å². The first-order chi connectivity index (χ1) is 6.31. The summed E-state index contributed by atoms with van der Waals surface area (Å²) in [6.07, 6.45) is 2.24. The van der Waals surface area contributed by atoms with Crippen molar-refractivity contribution in [3.8, 4) is 0 Å². The number of aliphatic hydroxyl groups is 1. The first-order valence-corrected chi connectivity index (χ1v) is 5.81. The first-order valence-electron chi connectivity index (χ1n) is 5.81. The monoisotopic (exact) mass is 201 g/mol. The Morgan fingerprint density at radius 2 is 1.64 bits per heavy atom. The molecule has 0 bridgehead atoms. The predicted molar refractivity (Wildman–Crippen MR) is 62.1 cm³/mol. The lowest BCUT2D eigenvalue weighted by molar-refractivity contribution is 0.0167. The molecular weight excluding hydrogens is 174 g/mol. The van der Waals surface area contributed by atoms with E-state index in [1.54, 1.807) is 0 Å². The van der Waals surface area contributed by atoms with Crippen molar-refractivity contribution in [2.75, 3.05) is 0 Å². The molecule has 2 N–H and O–H groups in total. The van der Waals surface area contributed by atoms with Crippen molar-refractivity contribution in [3.63, 3.8) is 0 Å². The van der Waals surface area contributed by atoms with Gasteiger partial charge in [-0.05, 0) is 32.1 Å². The van der Waals surface area contributed by atoms with E-state index in [9.17, 15) is 5.11 Å². The third-order valence-electron chi connectivity index (χ3n) is 2.82. The van der Waals surface area contributed by atoms with Gasteiger partial charge in [-0.1, -0.05) is 34.1 Å². The van der Waals surface area contributed by atoms with Crippen LogP contribution in [0.2, 0.25) is 0 Å². The van der Waals surface area contributed by atoms with Gasteiger partial charge >= 0.3 is 0 Å². The molecule has 2 nitrogen and oxygen atoms in total. The van der Waals surface area contributed by atoms with Gasteiger partial charge in [0.1, 0.15) is 5.72 Å². The van der Waals surface area contributed by atoms with Crippen LogP contribution in [0.5, 0.6) is 0 Å². The van der Waals surface area contributed by atoms with Crippen LogP contribution < -0.4 is 5.32 Å². The highest BCUT2D eigenvalue weighted by Crippen LogP contribution is 2.22. The molecule has 0 heterocycles. The summed E-state index contributed by atoms with van der Waals surface area (Å²) in [7, 11) is 0. The lowest BCUT2D eigenvalue weighted by Crippen LogP contribution is -2.49. The summed E-state index contributed by atoms with van der Waals surface area (Å²) < 4.78 is 0. The summed E-state index contributed by atoms with van der Waals surface area (Å²) in [5.74, 6) is 1.31. The number of hydrogen-bond donors (Lipinski definition) is 2. The minimum Gasteiger partial charge on any atom is -0.376 e. The van der Waals surface area contributed by atoms with E-state index in [1.807, 2.05) is 13.8 Å². The molecule has 0 fully saturated rings. The van der Waals surface area contributed by atoms with Gasteiger partial charge in [-0.2, -0.15) is 0 Å². The smallest absolute Gasteiger partial charge is 0.110 e. The van der Waals surface area contributed by atoms with E-state index < -0.39 is 5.72 Å². The van der Waals surface area contributed by atoms with Crippen LogP contribution in [0, 0.1) is 11.8 Å². The molecule has 0 aromatic heterocycles. The summed E-state index contributed by atoms with van der Waals surface area (Å²) in [5.41, 5.74) is -0.761. The molecule has 0 spiro atoms. The summed E-state index contributed by atoms with van der Waals surface area (Å²) in [5, 5.41) is 13.0. The highest BCUT2D eigenvalue weighted by Gasteiger charge is 2.25. The lowest BCUT2D eigenvalue weighted by Gasteiger charge is -2.34. The van der Waals surface area contributed by atoms with Crippen molar-refractivity contribution < 1.29 is 5.11 Å². The molecule has 0 aliphatic rings. The molecule has 0 aliphatic carbocycles. The van der Waals surface area contributed by atoms with E-state index in [0.29, 0.717) is 17.9 Å². The molecule has 0 saturated carbocycles. The van der Waals surface area contributed by atoms with Gasteiger partial charge in [-0.3, -0.25) is 5.32 Å². The fourth-order valence-electron chi connectivity index (χ4n) is 2.19. The van der Waals surface area contributed by atoms with E-state index in [-0.39, 0.29) is 0 Å². The molecule has 0 saturated heterocycles. The Bertz CT molecular complexity index is 149. The Morgan fingerprint density at radius 3 is 1.86 bits per heavy atom. The molecule has 0 radical (unpaired) electrons. The molecule has 2 unspecified atom stereocenters. The van der Waals surface area contributed by atoms with Gasteiger partial charge in [0.25, 0.3) is 0 Å². The molecular formula is C12H27NO. The van der Waals surface area contributed by atoms with Gasteiger partial charge in [0.05, 0.1) is 0 Å². The number of rotatable bonds is 6. The van der Waals surface area contributed by atoms with Crippen molar-refractivity contribution in [2.24, 2.45) is 11.8 Å². The van der Waals surface area contributed by atoms with Gasteiger partial charge in [0, 0.05) is 6.04 Å². The molecule has 86 valence electrons. The molecule has 0 amide bonds. The average Bonchev–Trinajstić information content (AvgIpc) is 2.00. The topological polar surface area (TPSA) is 32.3 Å². The second-order valence-corrected chi connectivity index (χ2v) is 5.03. The largest absolute Gasteiger partial charge is 0.376 e. The minimum absolute atomic E-state index is 0.417. The fourth-order valence-corrected chi connectivity index (χ4v) is 2.19. The molecule has 0 aromatic rings. The molecule has 2 atom stereocenters. The maximum Gasteiger partial charge on any atom is 0.110 e. The molecule has 2 heteroatoms. The Kier molecular flexibility index (Phi) is 5.68. The van der Waals surface area contributed by atoms with Crippen LogP contribution in [0.15, 0.2) is 0 Å². The second kappa shape index (κ2) is 5.72. The first kappa shape index (κ1) is 13.9. The van der Waals surface area contributed by atoms with Crippen molar-refractivity contribution in [3.05, 3.63) is 0 Å². The molecule has 0 aromatic carbocycles. The standard InChI is InChI=1S/C12H27NO/c1-7-10(9(3)4)11(8-2)13-12(5,6)14/h9-11,13-14H,7-8H2,1-6H3. The zero-order chi connectivity index (χ0) is 11.4. The van der Waals surface area contributed by atoms with E-state index in [0.717, 1.165) is 6.42 Å². The third kappa shape index (κ3) is 4.97. The average molecular weight is 201 g/mol. The highest BCUT2D eigenvalue weighted by atomic mass is 16.3. The zero-order valence-corrected chi connectivity index (χ0v) is 10.6. The summed E-state index contributed by atoms with van der Waals surface area (Å²) >= 11 is 0. The van der Waals surface area contributed by atoms with Crippen LogP contribution >= 0.6 is 0 Å². The van der Waals surface area contributed by atoms with Crippen LogP contribution in [0.4, 0.5) is 0 Å². The highest BCUT2D eigenvalue weighted by molar-refractivity contribution is 4.80. The van der Waals surface area contributed by atoms with Crippen LogP contribution in [0.3, 0.4) is 0 Å². The Balaban J connectivity index is 4.37. The van der Waals surface area contributed by atoms with E-state index in [4.69, 9.17) is 0 Å². The van der Waals surface area contributed by atoms with Gasteiger partial charge in [0.2, 0.25) is 0 Å². The number of hydrogen-bond acceptors (Lipinski definition) is 2. The van der Waals surface area contributed by atoms with E-state index in [2.05, 4.69) is 33.0 Å². The second-order valence-electron chi connectivity index (χ2n) is 5.03. The lowest BCUT2D eigenvalue weighted by atomic mass is 9.84. The van der Waals surface area contributed by atoms with Crippen LogP contribution in [0.1, 0.15) is 54.4 Å². The maximum atomic E-state index is 9.73. The quantitative estimate of drug-likeness (QED) is 0.648. The molecule has 14 heavy (non-hydrogen) atoms. The summed E-state index contributed by atoms with van der Waals surface area (Å²) in [6, 6.07) is 0.417. The van der Waals surface area contributed by atoms with Crippen LogP contribution in [0.25, 0.3) is 0 Å². The Morgan fingerprint density at radius 1 is 1.14 bits per heavy atom. The normalized spacial score (nSPS) is 17.1. The number of nitrogens with one attached hydrogen (secondary N) is 1. The van der Waals surface area contributed by atoms with Crippen molar-refractivity contribution in [1.82, 2.24) is 5.32 Å². The zero-order valence-electron chi connectivity index (χ0n) is 10.6. The van der Waals surface area contributed by atoms with Crippen LogP contribution in [-0.2, 0) is 0 Å². The minimum atomic E-state index is -0.761. The van der Waals surface area contributed by atoms with Gasteiger partial charge < -0.3 is 5.11 Å². The maximum absolute atomic E-state index is 9.73.